The maximum atomic E-state index is 11.8. The molecule has 0 saturated heterocycles. The lowest BCUT2D eigenvalue weighted by molar-refractivity contribution is -0.149. The molecular weight excluding hydrogens is 252 g/mol. The number of benzene rings is 1. The van der Waals surface area contributed by atoms with E-state index in [-0.39, 0.29) is 18.5 Å². The maximum Gasteiger partial charge on any atom is 0.309 e. The summed E-state index contributed by atoms with van der Waals surface area (Å²) in [6, 6.07) is 9.47. The third-order valence-corrected chi connectivity index (χ3v) is 3.34. The lowest BCUT2D eigenvalue weighted by atomic mass is 10.1. The third kappa shape index (κ3) is 2.99. The van der Waals surface area contributed by atoms with Crippen LogP contribution < -0.4 is 0 Å². The first kappa shape index (κ1) is 12.8. The molecule has 0 N–H and O–H groups in total. The third-order valence-electron chi connectivity index (χ3n) is 2.94. The van der Waals surface area contributed by atoms with Crippen molar-refractivity contribution in [1.82, 2.24) is 0 Å². The molecule has 0 radical (unpaired) electrons. The molecule has 18 heavy (non-hydrogen) atoms. The fourth-order valence-corrected chi connectivity index (χ4v) is 2.23. The molecule has 1 aromatic carbocycles. The van der Waals surface area contributed by atoms with Crippen molar-refractivity contribution in [3.63, 3.8) is 0 Å². The van der Waals surface area contributed by atoms with E-state index >= 15 is 0 Å². The van der Waals surface area contributed by atoms with Crippen LogP contribution in [-0.4, -0.2) is 12.3 Å². The molecule has 3 nitrogen and oxygen atoms in total. The summed E-state index contributed by atoms with van der Waals surface area (Å²) in [6.45, 7) is 0.254. The molecule has 0 aliphatic heterocycles. The summed E-state index contributed by atoms with van der Waals surface area (Å²) >= 11 is 5.87. The number of hydrogen-bond donors (Lipinski definition) is 0. The molecule has 1 aliphatic carbocycles. The van der Waals surface area contributed by atoms with E-state index in [9.17, 15) is 9.59 Å². The number of halogens is 1. The Bertz CT molecular complexity index is 479. The first-order chi connectivity index (χ1) is 8.70. The minimum atomic E-state index is -0.318. The van der Waals surface area contributed by atoms with Gasteiger partial charge in [-0.2, -0.15) is 0 Å². The van der Waals surface area contributed by atoms with E-state index < -0.39 is 0 Å². The van der Waals surface area contributed by atoms with Crippen LogP contribution in [0.15, 0.2) is 40.9 Å². The van der Waals surface area contributed by atoms with Gasteiger partial charge in [0.25, 0.3) is 0 Å². The molecule has 0 aromatic heterocycles. The monoisotopic (exact) mass is 264 g/mol. The molecule has 4 heteroatoms. The summed E-state index contributed by atoms with van der Waals surface area (Å²) in [6.07, 6.45) is 1.51. The summed E-state index contributed by atoms with van der Waals surface area (Å²) in [5.41, 5.74) is 1.46. The van der Waals surface area contributed by atoms with Crippen molar-refractivity contribution in [1.29, 1.82) is 0 Å². The Balaban J connectivity index is 1.86. The maximum absolute atomic E-state index is 11.8. The predicted molar refractivity (Wildman–Crippen MR) is 67.9 cm³/mol. The summed E-state index contributed by atoms with van der Waals surface area (Å²) in [4.78, 5) is 22.5. The Hall–Kier alpha value is -1.61. The second-order valence-electron chi connectivity index (χ2n) is 4.25. The topological polar surface area (TPSA) is 43.4 Å². The van der Waals surface area contributed by atoms with Crippen LogP contribution >= 0.6 is 11.6 Å². The number of allylic oxidation sites excluding steroid dienone is 2. The molecule has 0 bridgehead atoms. The number of aldehydes is 1. The molecule has 1 unspecified atom stereocenters. The normalized spacial score (nSPS) is 18.8. The standard InChI is InChI=1S/C14H13ClO3/c15-13-7-11(6-12(13)8-16)14(17)18-9-10-4-2-1-3-5-10/h1-5,8,11H,6-7,9H2. The summed E-state index contributed by atoms with van der Waals surface area (Å²) in [7, 11) is 0. The number of hydrogen-bond acceptors (Lipinski definition) is 3. The quantitative estimate of drug-likeness (QED) is 0.620. The highest BCUT2D eigenvalue weighted by atomic mass is 35.5. The first-order valence-corrected chi connectivity index (χ1v) is 6.11. The van der Waals surface area contributed by atoms with Crippen molar-refractivity contribution in [3.8, 4) is 0 Å². The van der Waals surface area contributed by atoms with Gasteiger partial charge in [0.1, 0.15) is 12.9 Å². The van der Waals surface area contributed by atoms with Crippen molar-refractivity contribution < 1.29 is 14.3 Å². The smallest absolute Gasteiger partial charge is 0.309 e. The molecule has 0 heterocycles. The molecule has 1 aliphatic rings. The Morgan fingerprint density at radius 1 is 1.33 bits per heavy atom. The molecule has 0 saturated carbocycles. The van der Waals surface area contributed by atoms with Crippen LogP contribution in [-0.2, 0) is 20.9 Å². The minimum absolute atomic E-state index is 0.254. The zero-order chi connectivity index (χ0) is 13.0. The summed E-state index contributed by atoms with van der Waals surface area (Å²) in [5.74, 6) is -0.615. The minimum Gasteiger partial charge on any atom is -0.461 e. The average molecular weight is 265 g/mol. The van der Waals surface area contributed by atoms with Crippen molar-refractivity contribution in [3.05, 3.63) is 46.5 Å². The summed E-state index contributed by atoms with van der Waals surface area (Å²) < 4.78 is 5.21. The number of carbonyl (C=O) groups is 2. The molecule has 1 atom stereocenters. The highest BCUT2D eigenvalue weighted by Gasteiger charge is 2.29. The number of esters is 1. The lowest BCUT2D eigenvalue weighted by Crippen LogP contribution is -2.15. The van der Waals surface area contributed by atoms with Gasteiger partial charge < -0.3 is 4.74 Å². The largest absolute Gasteiger partial charge is 0.461 e. The molecule has 1 aromatic rings. The van der Waals surface area contributed by atoms with E-state index in [1.54, 1.807) is 0 Å². The van der Waals surface area contributed by atoms with Gasteiger partial charge in [-0.25, -0.2) is 0 Å². The molecule has 0 fully saturated rings. The van der Waals surface area contributed by atoms with Crippen LogP contribution in [0.3, 0.4) is 0 Å². The number of ether oxygens (including phenoxy) is 1. The van der Waals surface area contributed by atoms with Crippen LogP contribution in [0.4, 0.5) is 0 Å². The Morgan fingerprint density at radius 2 is 2.06 bits per heavy atom. The van der Waals surface area contributed by atoms with Gasteiger partial charge in [-0.3, -0.25) is 9.59 Å². The van der Waals surface area contributed by atoms with Crippen molar-refractivity contribution in [2.24, 2.45) is 5.92 Å². The van der Waals surface area contributed by atoms with Crippen molar-refractivity contribution >= 4 is 23.9 Å². The summed E-state index contributed by atoms with van der Waals surface area (Å²) in [5, 5.41) is 0.478. The van der Waals surface area contributed by atoms with Crippen LogP contribution in [0.5, 0.6) is 0 Å². The predicted octanol–water partition coefficient (Wildman–Crippen LogP) is 2.83. The van der Waals surface area contributed by atoms with E-state index in [4.69, 9.17) is 16.3 Å². The van der Waals surface area contributed by atoms with Gasteiger partial charge in [-0.1, -0.05) is 41.9 Å². The van der Waals surface area contributed by atoms with E-state index in [1.165, 1.54) is 0 Å². The molecule has 0 spiro atoms. The first-order valence-electron chi connectivity index (χ1n) is 5.74. The fraction of sp³-hybridized carbons (Fsp3) is 0.286. The van der Waals surface area contributed by atoms with Gasteiger partial charge in [-0.15, -0.1) is 0 Å². The van der Waals surface area contributed by atoms with Gasteiger partial charge in [0, 0.05) is 10.6 Å². The van der Waals surface area contributed by atoms with Crippen LogP contribution in [0, 0.1) is 5.92 Å². The van der Waals surface area contributed by atoms with Gasteiger partial charge in [0.15, 0.2) is 0 Å². The SMILES string of the molecule is O=CC1=C(Cl)CC(C(=O)OCc2ccccc2)C1. The van der Waals surface area contributed by atoms with Crippen LogP contribution in [0.25, 0.3) is 0 Å². The zero-order valence-corrected chi connectivity index (χ0v) is 10.5. The lowest BCUT2D eigenvalue weighted by Gasteiger charge is -2.09. The van der Waals surface area contributed by atoms with Gasteiger partial charge in [0.05, 0.1) is 5.92 Å². The Morgan fingerprint density at radius 3 is 2.67 bits per heavy atom. The van der Waals surface area contributed by atoms with Crippen molar-refractivity contribution in [2.45, 2.75) is 19.4 Å². The molecule has 0 amide bonds. The highest BCUT2D eigenvalue weighted by Crippen LogP contribution is 2.33. The number of rotatable bonds is 4. The van der Waals surface area contributed by atoms with Crippen LogP contribution in [0.1, 0.15) is 18.4 Å². The van der Waals surface area contributed by atoms with E-state index in [0.717, 1.165) is 5.56 Å². The number of carbonyl (C=O) groups excluding carboxylic acids is 2. The zero-order valence-electron chi connectivity index (χ0n) is 9.77. The van der Waals surface area contributed by atoms with Gasteiger partial charge in [-0.05, 0) is 18.4 Å². The second kappa shape index (κ2) is 5.83. The van der Waals surface area contributed by atoms with E-state index in [2.05, 4.69) is 0 Å². The Kier molecular flexibility index (Phi) is 4.15. The fourth-order valence-electron chi connectivity index (χ4n) is 1.92. The van der Waals surface area contributed by atoms with Crippen LogP contribution in [0.2, 0.25) is 0 Å². The molecule has 94 valence electrons. The van der Waals surface area contributed by atoms with Gasteiger partial charge >= 0.3 is 5.97 Å². The highest BCUT2D eigenvalue weighted by molar-refractivity contribution is 6.31. The van der Waals surface area contributed by atoms with E-state index in [0.29, 0.717) is 29.7 Å². The molecular formula is C14H13ClO3. The second-order valence-corrected chi connectivity index (χ2v) is 4.70. The van der Waals surface area contributed by atoms with E-state index in [1.807, 2.05) is 30.3 Å². The molecule has 2 rings (SSSR count). The van der Waals surface area contributed by atoms with Crippen molar-refractivity contribution in [2.75, 3.05) is 0 Å². The average Bonchev–Trinajstić information content (AvgIpc) is 2.78. The Labute approximate surface area is 110 Å². The van der Waals surface area contributed by atoms with Gasteiger partial charge in [0.2, 0.25) is 0 Å².